The van der Waals surface area contributed by atoms with E-state index < -0.39 is 11.7 Å². The first-order valence-electron chi connectivity index (χ1n) is 10.8. The van der Waals surface area contributed by atoms with Gasteiger partial charge in [-0.2, -0.15) is 10.2 Å². The maximum absolute atomic E-state index is 13.8. The van der Waals surface area contributed by atoms with Crippen molar-refractivity contribution >= 4 is 22.9 Å². The van der Waals surface area contributed by atoms with Gasteiger partial charge >= 0.3 is 0 Å². The van der Waals surface area contributed by atoms with Gasteiger partial charge in [0.25, 0.3) is 5.91 Å². The fourth-order valence-corrected chi connectivity index (χ4v) is 3.80. The van der Waals surface area contributed by atoms with Gasteiger partial charge in [0.05, 0.1) is 17.6 Å². The fraction of sp³-hybridized carbons (Fsp3) is 0.0357. The van der Waals surface area contributed by atoms with Gasteiger partial charge in [0, 0.05) is 11.1 Å². The van der Waals surface area contributed by atoms with Crippen LogP contribution in [-0.2, 0) is 0 Å². The third kappa shape index (κ3) is 4.34. The molecule has 4 aromatic carbocycles. The Morgan fingerprint density at radius 2 is 1.71 bits per heavy atom. The Morgan fingerprint density at radius 1 is 0.912 bits per heavy atom. The standard InChI is InChI=1S/C28H21FN4O/c1-19-7-6-11-24(15-19)33-27(22-14-13-20-8-2-3-9-21(20)16-22)17-26(32-33)28(34)31-30-18-23-10-4-5-12-25(23)29/h2-18H,1H3,(H,31,34)/b30-18-. The van der Waals surface area contributed by atoms with E-state index in [-0.39, 0.29) is 11.3 Å². The number of carbonyl (C=O) groups is 1. The molecule has 0 aliphatic heterocycles. The number of rotatable bonds is 5. The summed E-state index contributed by atoms with van der Waals surface area (Å²) in [5.74, 6) is -0.899. The van der Waals surface area contributed by atoms with Crippen LogP contribution < -0.4 is 5.43 Å². The first-order chi connectivity index (χ1) is 16.6. The summed E-state index contributed by atoms with van der Waals surface area (Å²) in [6.45, 7) is 2.01. The van der Waals surface area contributed by atoms with Crippen molar-refractivity contribution in [2.24, 2.45) is 5.10 Å². The van der Waals surface area contributed by atoms with Crippen LogP contribution in [-0.4, -0.2) is 21.9 Å². The first-order valence-corrected chi connectivity index (χ1v) is 10.8. The van der Waals surface area contributed by atoms with E-state index in [1.54, 1.807) is 28.9 Å². The molecule has 0 saturated heterocycles. The number of fused-ring (bicyclic) bond motifs is 1. The largest absolute Gasteiger partial charge is 0.291 e. The summed E-state index contributed by atoms with van der Waals surface area (Å²) in [4.78, 5) is 12.8. The lowest BCUT2D eigenvalue weighted by atomic mass is 10.0. The number of hydrogen-bond donors (Lipinski definition) is 1. The molecule has 0 radical (unpaired) electrons. The maximum atomic E-state index is 13.8. The number of amides is 1. The van der Waals surface area contributed by atoms with Gasteiger partial charge in [0.1, 0.15) is 5.82 Å². The van der Waals surface area contributed by atoms with Gasteiger partial charge in [-0.05, 0) is 53.6 Å². The van der Waals surface area contributed by atoms with Crippen LogP contribution in [0.2, 0.25) is 0 Å². The second-order valence-corrected chi connectivity index (χ2v) is 7.95. The van der Waals surface area contributed by atoms with Crippen molar-refractivity contribution in [2.45, 2.75) is 6.92 Å². The topological polar surface area (TPSA) is 59.3 Å². The molecule has 1 aromatic heterocycles. The predicted octanol–water partition coefficient (Wildman–Crippen LogP) is 5.90. The molecule has 5 aromatic rings. The minimum atomic E-state index is -0.485. The van der Waals surface area contributed by atoms with Gasteiger partial charge in [-0.25, -0.2) is 14.5 Å². The summed E-state index contributed by atoms with van der Waals surface area (Å²) in [5, 5.41) is 10.7. The fourth-order valence-electron chi connectivity index (χ4n) is 3.80. The summed E-state index contributed by atoms with van der Waals surface area (Å²) in [5.41, 5.74) is 6.57. The molecule has 1 amide bonds. The minimum absolute atomic E-state index is 0.204. The number of halogens is 1. The molecule has 0 saturated carbocycles. The van der Waals surface area contributed by atoms with Crippen molar-refractivity contribution in [2.75, 3.05) is 0 Å². The van der Waals surface area contributed by atoms with Crippen molar-refractivity contribution in [3.63, 3.8) is 0 Å². The molecule has 5 rings (SSSR count). The third-order valence-electron chi connectivity index (χ3n) is 5.51. The Labute approximate surface area is 196 Å². The van der Waals surface area contributed by atoms with E-state index in [0.717, 1.165) is 33.3 Å². The Bertz CT molecular complexity index is 1540. The Balaban J connectivity index is 1.52. The monoisotopic (exact) mass is 448 g/mol. The molecular weight excluding hydrogens is 427 g/mol. The van der Waals surface area contributed by atoms with Gasteiger partial charge in [-0.3, -0.25) is 4.79 Å². The normalized spacial score (nSPS) is 11.2. The van der Waals surface area contributed by atoms with Crippen LogP contribution in [0.15, 0.2) is 102 Å². The summed E-state index contributed by atoms with van der Waals surface area (Å²) in [6.07, 6.45) is 1.27. The molecule has 6 heteroatoms. The molecule has 0 bridgehead atoms. The molecule has 5 nitrogen and oxygen atoms in total. The Morgan fingerprint density at radius 3 is 2.53 bits per heavy atom. The second kappa shape index (κ2) is 9.11. The molecule has 166 valence electrons. The smallest absolute Gasteiger partial charge is 0.265 e. The average molecular weight is 449 g/mol. The van der Waals surface area contributed by atoms with Gasteiger partial charge in [0.2, 0.25) is 0 Å². The van der Waals surface area contributed by atoms with Crippen molar-refractivity contribution in [3.8, 4) is 16.9 Å². The molecule has 0 spiro atoms. The van der Waals surface area contributed by atoms with Crippen LogP contribution in [0.1, 0.15) is 21.6 Å². The van der Waals surface area contributed by atoms with Gasteiger partial charge in [0.15, 0.2) is 5.69 Å². The van der Waals surface area contributed by atoms with Gasteiger partial charge in [-0.15, -0.1) is 0 Å². The summed E-state index contributed by atoms with van der Waals surface area (Å²) < 4.78 is 15.5. The molecule has 34 heavy (non-hydrogen) atoms. The second-order valence-electron chi connectivity index (χ2n) is 7.95. The van der Waals surface area contributed by atoms with Crippen molar-refractivity contribution < 1.29 is 9.18 Å². The van der Waals surface area contributed by atoms with Crippen LogP contribution in [0, 0.1) is 12.7 Å². The minimum Gasteiger partial charge on any atom is -0.265 e. The summed E-state index contributed by atoms with van der Waals surface area (Å²) in [6, 6.07) is 30.1. The van der Waals surface area contributed by atoms with E-state index in [2.05, 4.69) is 39.9 Å². The number of aromatic nitrogens is 2. The lowest BCUT2D eigenvalue weighted by Crippen LogP contribution is -2.18. The van der Waals surface area contributed by atoms with E-state index in [0.29, 0.717) is 0 Å². The van der Waals surface area contributed by atoms with Crippen LogP contribution in [0.3, 0.4) is 0 Å². The summed E-state index contributed by atoms with van der Waals surface area (Å²) >= 11 is 0. The Hall–Kier alpha value is -4.58. The highest BCUT2D eigenvalue weighted by atomic mass is 19.1. The first kappa shape index (κ1) is 21.3. The van der Waals surface area contributed by atoms with Crippen LogP contribution in [0.25, 0.3) is 27.7 Å². The number of nitrogens with zero attached hydrogens (tertiary/aromatic N) is 3. The predicted molar refractivity (Wildman–Crippen MR) is 133 cm³/mol. The average Bonchev–Trinajstić information content (AvgIpc) is 3.31. The van der Waals surface area contributed by atoms with Crippen molar-refractivity contribution in [1.29, 1.82) is 0 Å². The van der Waals surface area contributed by atoms with Crippen LogP contribution in [0.4, 0.5) is 4.39 Å². The van der Waals surface area contributed by atoms with E-state index in [9.17, 15) is 9.18 Å². The summed E-state index contributed by atoms with van der Waals surface area (Å²) in [7, 11) is 0. The van der Waals surface area contributed by atoms with Crippen molar-refractivity contribution in [3.05, 3.63) is 120 Å². The SMILES string of the molecule is Cc1cccc(-n2nc(C(=O)N/N=C\c3ccccc3F)cc2-c2ccc3ccccc3c2)c1. The Kier molecular flexibility index (Phi) is 5.70. The van der Waals surface area contributed by atoms with Crippen molar-refractivity contribution in [1.82, 2.24) is 15.2 Å². The molecule has 0 aliphatic rings. The lowest BCUT2D eigenvalue weighted by Gasteiger charge is -2.09. The molecule has 0 atom stereocenters. The highest BCUT2D eigenvalue weighted by Gasteiger charge is 2.17. The zero-order valence-corrected chi connectivity index (χ0v) is 18.4. The molecule has 0 unspecified atom stereocenters. The maximum Gasteiger partial charge on any atom is 0.291 e. The number of hydrogen-bond acceptors (Lipinski definition) is 3. The molecule has 0 aliphatic carbocycles. The number of aryl methyl sites for hydroxylation is 1. The van der Waals surface area contributed by atoms with E-state index >= 15 is 0 Å². The third-order valence-corrected chi connectivity index (χ3v) is 5.51. The van der Waals surface area contributed by atoms with Gasteiger partial charge < -0.3 is 0 Å². The number of hydrazone groups is 1. The van der Waals surface area contributed by atoms with E-state index in [4.69, 9.17) is 0 Å². The highest BCUT2D eigenvalue weighted by Crippen LogP contribution is 2.28. The van der Waals surface area contributed by atoms with Gasteiger partial charge in [-0.1, -0.05) is 66.7 Å². The number of carbonyl (C=O) groups excluding carboxylic acids is 1. The molecule has 0 fully saturated rings. The van der Waals surface area contributed by atoms with Crippen LogP contribution >= 0.6 is 0 Å². The molecular formula is C28H21FN4O. The van der Waals surface area contributed by atoms with Crippen LogP contribution in [0.5, 0.6) is 0 Å². The number of nitrogens with one attached hydrogen (secondary N) is 1. The zero-order chi connectivity index (χ0) is 23.5. The molecule has 1 heterocycles. The number of benzene rings is 4. The zero-order valence-electron chi connectivity index (χ0n) is 18.4. The van der Waals surface area contributed by atoms with E-state index in [1.807, 2.05) is 49.4 Å². The molecule has 1 N–H and O–H groups in total. The quantitative estimate of drug-likeness (QED) is 0.269. The van der Waals surface area contributed by atoms with E-state index in [1.165, 1.54) is 12.3 Å². The lowest BCUT2D eigenvalue weighted by molar-refractivity contribution is 0.0949. The highest BCUT2D eigenvalue weighted by molar-refractivity contribution is 5.95.